The summed E-state index contributed by atoms with van der Waals surface area (Å²) in [6.07, 6.45) is 0.0926. The maximum atomic E-state index is 13.0. The maximum Gasteiger partial charge on any atom is 0.196 e. The lowest BCUT2D eigenvalue weighted by atomic mass is 10.0. The summed E-state index contributed by atoms with van der Waals surface area (Å²) < 4.78 is 17.2. The SMILES string of the molecule is CC(C)Oc1ccc(C(=O)c2cc(OC(C)C)ccc2OC(C)C)cc1. The van der Waals surface area contributed by atoms with E-state index < -0.39 is 0 Å². The zero-order valence-corrected chi connectivity index (χ0v) is 16.4. The number of ketones is 1. The lowest BCUT2D eigenvalue weighted by Crippen LogP contribution is -2.12. The van der Waals surface area contributed by atoms with Gasteiger partial charge in [0.2, 0.25) is 0 Å². The van der Waals surface area contributed by atoms with Gasteiger partial charge in [0.1, 0.15) is 17.2 Å². The lowest BCUT2D eigenvalue weighted by Gasteiger charge is -2.17. The van der Waals surface area contributed by atoms with E-state index in [1.807, 2.05) is 59.7 Å². The predicted molar refractivity (Wildman–Crippen MR) is 104 cm³/mol. The molecule has 4 heteroatoms. The van der Waals surface area contributed by atoms with E-state index in [1.165, 1.54) is 0 Å². The molecule has 0 atom stereocenters. The summed E-state index contributed by atoms with van der Waals surface area (Å²) in [6, 6.07) is 12.5. The van der Waals surface area contributed by atoms with Gasteiger partial charge < -0.3 is 14.2 Å². The zero-order valence-electron chi connectivity index (χ0n) is 16.4. The first-order valence-corrected chi connectivity index (χ1v) is 9.05. The van der Waals surface area contributed by atoms with Crippen molar-refractivity contribution in [2.45, 2.75) is 59.9 Å². The van der Waals surface area contributed by atoms with Gasteiger partial charge in [-0.15, -0.1) is 0 Å². The average molecular weight is 356 g/mol. The summed E-state index contributed by atoms with van der Waals surface area (Å²) in [5, 5.41) is 0. The van der Waals surface area contributed by atoms with Crippen molar-refractivity contribution in [2.24, 2.45) is 0 Å². The van der Waals surface area contributed by atoms with Gasteiger partial charge in [-0.1, -0.05) is 0 Å². The molecular weight excluding hydrogens is 328 g/mol. The summed E-state index contributed by atoms with van der Waals surface area (Å²) in [7, 11) is 0. The molecule has 0 aliphatic heterocycles. The van der Waals surface area contributed by atoms with Crippen LogP contribution in [0.4, 0.5) is 0 Å². The molecule has 0 bridgehead atoms. The lowest BCUT2D eigenvalue weighted by molar-refractivity contribution is 0.103. The highest BCUT2D eigenvalue weighted by molar-refractivity contribution is 6.11. The first-order chi connectivity index (χ1) is 12.3. The molecule has 0 unspecified atom stereocenters. The average Bonchev–Trinajstić information content (AvgIpc) is 2.55. The Hall–Kier alpha value is -2.49. The van der Waals surface area contributed by atoms with E-state index in [9.17, 15) is 4.79 Å². The highest BCUT2D eigenvalue weighted by atomic mass is 16.5. The molecule has 2 aromatic rings. The Kier molecular flexibility index (Phi) is 6.67. The van der Waals surface area contributed by atoms with Gasteiger partial charge in [0.15, 0.2) is 5.78 Å². The minimum atomic E-state index is -0.106. The van der Waals surface area contributed by atoms with Gasteiger partial charge in [-0.25, -0.2) is 0 Å². The summed E-state index contributed by atoms with van der Waals surface area (Å²) in [5.74, 6) is 1.85. The van der Waals surface area contributed by atoms with Crippen molar-refractivity contribution in [3.8, 4) is 17.2 Å². The molecule has 2 rings (SSSR count). The molecule has 0 aliphatic rings. The van der Waals surface area contributed by atoms with Crippen molar-refractivity contribution >= 4 is 5.78 Å². The summed E-state index contributed by atoms with van der Waals surface area (Å²) >= 11 is 0. The fraction of sp³-hybridized carbons (Fsp3) is 0.409. The largest absolute Gasteiger partial charge is 0.491 e. The molecule has 0 saturated heterocycles. The Balaban J connectivity index is 2.35. The first kappa shape index (κ1) is 19.8. The fourth-order valence-electron chi connectivity index (χ4n) is 2.50. The zero-order chi connectivity index (χ0) is 19.3. The molecule has 0 saturated carbocycles. The van der Waals surface area contributed by atoms with Crippen molar-refractivity contribution in [3.63, 3.8) is 0 Å². The van der Waals surface area contributed by atoms with E-state index in [1.54, 1.807) is 24.3 Å². The van der Waals surface area contributed by atoms with E-state index in [4.69, 9.17) is 14.2 Å². The molecule has 0 fully saturated rings. The van der Waals surface area contributed by atoms with Gasteiger partial charge in [-0.3, -0.25) is 4.79 Å². The Morgan fingerprint density at radius 1 is 0.692 bits per heavy atom. The van der Waals surface area contributed by atoms with E-state index in [-0.39, 0.29) is 24.1 Å². The molecule has 140 valence electrons. The number of ether oxygens (including phenoxy) is 3. The van der Waals surface area contributed by atoms with Crippen molar-refractivity contribution in [3.05, 3.63) is 53.6 Å². The molecule has 2 aromatic carbocycles. The minimum Gasteiger partial charge on any atom is -0.491 e. The highest BCUT2D eigenvalue weighted by Crippen LogP contribution is 2.29. The molecule has 4 nitrogen and oxygen atoms in total. The van der Waals surface area contributed by atoms with E-state index in [2.05, 4.69) is 0 Å². The van der Waals surface area contributed by atoms with Crippen LogP contribution >= 0.6 is 0 Å². The second-order valence-corrected chi connectivity index (χ2v) is 7.01. The maximum absolute atomic E-state index is 13.0. The summed E-state index contributed by atoms with van der Waals surface area (Å²) in [5.41, 5.74) is 1.07. The van der Waals surface area contributed by atoms with Gasteiger partial charge in [-0.2, -0.15) is 0 Å². The number of carbonyl (C=O) groups excluding carboxylic acids is 1. The van der Waals surface area contributed by atoms with Crippen LogP contribution in [0.25, 0.3) is 0 Å². The predicted octanol–water partition coefficient (Wildman–Crippen LogP) is 5.28. The highest BCUT2D eigenvalue weighted by Gasteiger charge is 2.18. The van der Waals surface area contributed by atoms with Crippen LogP contribution in [-0.4, -0.2) is 24.1 Å². The third-order valence-corrected chi connectivity index (χ3v) is 3.42. The number of carbonyl (C=O) groups is 1. The van der Waals surface area contributed by atoms with Gasteiger partial charge in [-0.05, 0) is 84.0 Å². The molecule has 0 aliphatic carbocycles. The Morgan fingerprint density at radius 3 is 1.73 bits per heavy atom. The first-order valence-electron chi connectivity index (χ1n) is 9.05. The van der Waals surface area contributed by atoms with E-state index in [0.29, 0.717) is 22.6 Å². The summed E-state index contributed by atoms with van der Waals surface area (Å²) in [4.78, 5) is 13.0. The monoisotopic (exact) mass is 356 g/mol. The standard InChI is InChI=1S/C22H28O4/c1-14(2)24-18-9-7-17(8-10-18)22(23)20-13-19(25-15(3)4)11-12-21(20)26-16(5)6/h7-16H,1-6H3. The molecule has 0 amide bonds. The third-order valence-electron chi connectivity index (χ3n) is 3.42. The molecule has 26 heavy (non-hydrogen) atoms. The van der Waals surface area contributed by atoms with Crippen LogP contribution in [0.5, 0.6) is 17.2 Å². The number of rotatable bonds is 8. The van der Waals surface area contributed by atoms with Crippen LogP contribution in [0, 0.1) is 0 Å². The van der Waals surface area contributed by atoms with Crippen LogP contribution < -0.4 is 14.2 Å². The third kappa shape index (κ3) is 5.51. The molecular formula is C22H28O4. The smallest absolute Gasteiger partial charge is 0.196 e. The van der Waals surface area contributed by atoms with E-state index >= 15 is 0 Å². The Morgan fingerprint density at radius 2 is 1.19 bits per heavy atom. The quantitative estimate of drug-likeness (QED) is 0.604. The minimum absolute atomic E-state index is 0.0276. The van der Waals surface area contributed by atoms with Crippen LogP contribution in [0.1, 0.15) is 57.5 Å². The van der Waals surface area contributed by atoms with Crippen molar-refractivity contribution in [1.29, 1.82) is 0 Å². The molecule has 0 aromatic heterocycles. The number of hydrogen-bond acceptors (Lipinski definition) is 4. The van der Waals surface area contributed by atoms with Gasteiger partial charge in [0.05, 0.1) is 23.9 Å². The second-order valence-electron chi connectivity index (χ2n) is 7.01. The van der Waals surface area contributed by atoms with Crippen molar-refractivity contribution < 1.29 is 19.0 Å². The van der Waals surface area contributed by atoms with Gasteiger partial charge in [0, 0.05) is 5.56 Å². The second kappa shape index (κ2) is 8.75. The number of hydrogen-bond donors (Lipinski definition) is 0. The fourth-order valence-corrected chi connectivity index (χ4v) is 2.50. The van der Waals surface area contributed by atoms with E-state index in [0.717, 1.165) is 5.75 Å². The topological polar surface area (TPSA) is 44.8 Å². The molecule has 0 radical (unpaired) electrons. The van der Waals surface area contributed by atoms with Gasteiger partial charge >= 0.3 is 0 Å². The van der Waals surface area contributed by atoms with Crippen LogP contribution in [0.2, 0.25) is 0 Å². The van der Waals surface area contributed by atoms with Crippen LogP contribution in [-0.2, 0) is 0 Å². The summed E-state index contributed by atoms with van der Waals surface area (Å²) in [6.45, 7) is 11.7. The molecule has 0 heterocycles. The van der Waals surface area contributed by atoms with Crippen molar-refractivity contribution in [1.82, 2.24) is 0 Å². The Bertz CT molecular complexity index is 730. The van der Waals surface area contributed by atoms with Crippen LogP contribution in [0.3, 0.4) is 0 Å². The molecule has 0 spiro atoms. The van der Waals surface area contributed by atoms with Gasteiger partial charge in [0.25, 0.3) is 0 Å². The van der Waals surface area contributed by atoms with Crippen LogP contribution in [0.15, 0.2) is 42.5 Å². The Labute approximate surface area is 156 Å². The van der Waals surface area contributed by atoms with Crippen molar-refractivity contribution in [2.75, 3.05) is 0 Å². The molecule has 0 N–H and O–H groups in total. The normalized spacial score (nSPS) is 11.1. The number of benzene rings is 2.